The molecule has 0 aliphatic heterocycles. The molecule has 35 heavy (non-hydrogen) atoms. The molecule has 0 heterocycles. The van der Waals surface area contributed by atoms with Crippen LogP contribution in [-0.2, 0) is 22.6 Å². The number of rotatable bonds is 9. The van der Waals surface area contributed by atoms with E-state index in [1.165, 1.54) is 42.3 Å². The van der Waals surface area contributed by atoms with Gasteiger partial charge in [0.15, 0.2) is 0 Å². The van der Waals surface area contributed by atoms with Crippen molar-refractivity contribution >= 4 is 29.0 Å². The van der Waals surface area contributed by atoms with Gasteiger partial charge in [-0.1, -0.05) is 18.2 Å². The Hall–Kier alpha value is -3.98. The van der Waals surface area contributed by atoms with Crippen LogP contribution in [0.15, 0.2) is 66.7 Å². The van der Waals surface area contributed by atoms with Crippen molar-refractivity contribution in [2.24, 2.45) is 0 Å². The van der Waals surface area contributed by atoms with Crippen molar-refractivity contribution in [2.45, 2.75) is 13.1 Å². The molecule has 0 spiro atoms. The maximum absolute atomic E-state index is 13.6. The van der Waals surface area contributed by atoms with E-state index in [1.54, 1.807) is 30.3 Å². The predicted octanol–water partition coefficient (Wildman–Crippen LogP) is 4.85. The highest BCUT2D eigenvalue weighted by molar-refractivity contribution is 5.92. The molecule has 0 fully saturated rings. The third kappa shape index (κ3) is 7.51. The second-order valence-corrected chi connectivity index (χ2v) is 8.14. The number of urea groups is 1. The lowest BCUT2D eigenvalue weighted by Gasteiger charge is -2.27. The van der Waals surface area contributed by atoms with Crippen molar-refractivity contribution < 1.29 is 23.1 Å². The summed E-state index contributed by atoms with van der Waals surface area (Å²) >= 11 is 0. The van der Waals surface area contributed by atoms with Crippen LogP contribution in [0.3, 0.4) is 0 Å². The van der Waals surface area contributed by atoms with Gasteiger partial charge in [-0.3, -0.25) is 4.79 Å². The quantitative estimate of drug-likeness (QED) is 0.457. The Bertz CT molecular complexity index is 1170. The van der Waals surface area contributed by atoms with Crippen LogP contribution in [0, 0.1) is 11.6 Å². The highest BCUT2D eigenvalue weighted by Gasteiger charge is 2.19. The maximum Gasteiger partial charge on any atom is 0.322 e. The summed E-state index contributed by atoms with van der Waals surface area (Å²) in [5, 5.41) is 5.49. The SMILES string of the molecule is COCC(=O)Nc1ccc(N(C)C)c(CN(Cc2ccc(F)cc2)C(=O)Nc2cccc(F)c2)c1. The second-order valence-electron chi connectivity index (χ2n) is 8.14. The fourth-order valence-corrected chi connectivity index (χ4v) is 3.54. The highest BCUT2D eigenvalue weighted by atomic mass is 19.1. The van der Waals surface area contributed by atoms with Gasteiger partial charge in [-0.05, 0) is 59.7 Å². The summed E-state index contributed by atoms with van der Waals surface area (Å²) in [6.07, 6.45) is 0. The van der Waals surface area contributed by atoms with Gasteiger partial charge in [0, 0.05) is 51.4 Å². The predicted molar refractivity (Wildman–Crippen MR) is 132 cm³/mol. The van der Waals surface area contributed by atoms with Crippen LogP contribution in [-0.4, -0.2) is 44.7 Å². The van der Waals surface area contributed by atoms with E-state index in [-0.39, 0.29) is 31.4 Å². The molecule has 0 aliphatic carbocycles. The molecule has 0 unspecified atom stereocenters. The number of carbonyl (C=O) groups is 2. The molecule has 3 aromatic carbocycles. The van der Waals surface area contributed by atoms with Gasteiger partial charge >= 0.3 is 6.03 Å². The molecule has 3 amide bonds. The molecule has 7 nitrogen and oxygen atoms in total. The first-order valence-electron chi connectivity index (χ1n) is 10.9. The first-order chi connectivity index (χ1) is 16.7. The summed E-state index contributed by atoms with van der Waals surface area (Å²) in [4.78, 5) is 28.7. The number of hydrogen-bond acceptors (Lipinski definition) is 4. The number of methoxy groups -OCH3 is 1. The van der Waals surface area contributed by atoms with E-state index < -0.39 is 11.8 Å². The molecule has 0 aliphatic rings. The number of carbonyl (C=O) groups excluding carboxylic acids is 2. The molecule has 3 aromatic rings. The number of hydrogen-bond donors (Lipinski definition) is 2. The molecule has 3 rings (SSSR count). The molecule has 0 saturated heterocycles. The molecule has 184 valence electrons. The summed E-state index contributed by atoms with van der Waals surface area (Å²) in [5.41, 5.74) is 3.20. The summed E-state index contributed by atoms with van der Waals surface area (Å²) in [6, 6.07) is 16.4. The molecule has 0 atom stereocenters. The zero-order valence-electron chi connectivity index (χ0n) is 19.8. The van der Waals surface area contributed by atoms with Crippen LogP contribution in [0.25, 0.3) is 0 Å². The third-order valence-electron chi connectivity index (χ3n) is 5.13. The molecular weight excluding hydrogens is 454 g/mol. The van der Waals surface area contributed by atoms with E-state index in [0.717, 1.165) is 16.8 Å². The van der Waals surface area contributed by atoms with E-state index in [9.17, 15) is 18.4 Å². The third-order valence-corrected chi connectivity index (χ3v) is 5.13. The summed E-state index contributed by atoms with van der Waals surface area (Å²) in [5.74, 6) is -1.15. The summed E-state index contributed by atoms with van der Waals surface area (Å²) in [7, 11) is 5.18. The van der Waals surface area contributed by atoms with Gasteiger partial charge in [0.1, 0.15) is 18.2 Å². The lowest BCUT2D eigenvalue weighted by atomic mass is 10.1. The molecule has 9 heteroatoms. The highest BCUT2D eigenvalue weighted by Crippen LogP contribution is 2.26. The van der Waals surface area contributed by atoms with E-state index in [0.29, 0.717) is 11.4 Å². The minimum atomic E-state index is -0.470. The molecule has 0 aromatic heterocycles. The molecule has 0 bridgehead atoms. The molecule has 0 saturated carbocycles. The number of benzene rings is 3. The largest absolute Gasteiger partial charge is 0.377 e. The summed E-state index contributed by atoms with van der Waals surface area (Å²) in [6.45, 7) is 0.256. The Kier molecular flexibility index (Phi) is 8.74. The van der Waals surface area contributed by atoms with Gasteiger partial charge in [-0.25, -0.2) is 13.6 Å². The van der Waals surface area contributed by atoms with Crippen molar-refractivity contribution in [3.63, 3.8) is 0 Å². The lowest BCUT2D eigenvalue weighted by Crippen LogP contribution is -2.34. The van der Waals surface area contributed by atoms with Crippen molar-refractivity contribution in [1.82, 2.24) is 4.90 Å². The number of nitrogens with zero attached hydrogens (tertiary/aromatic N) is 2. The van der Waals surface area contributed by atoms with Gasteiger partial charge < -0.3 is 25.2 Å². The van der Waals surface area contributed by atoms with Gasteiger partial charge in [0.25, 0.3) is 0 Å². The van der Waals surface area contributed by atoms with Crippen LogP contribution in [0.5, 0.6) is 0 Å². The second kappa shape index (κ2) is 11.9. The van der Waals surface area contributed by atoms with Crippen LogP contribution in [0.4, 0.5) is 30.6 Å². The first kappa shape index (κ1) is 25.6. The van der Waals surface area contributed by atoms with Gasteiger partial charge in [-0.2, -0.15) is 0 Å². The van der Waals surface area contributed by atoms with Crippen molar-refractivity contribution in [2.75, 3.05) is 43.3 Å². The molecule has 2 N–H and O–H groups in total. The van der Waals surface area contributed by atoms with Gasteiger partial charge in [-0.15, -0.1) is 0 Å². The van der Waals surface area contributed by atoms with Crippen molar-refractivity contribution in [3.05, 3.63) is 89.5 Å². The van der Waals surface area contributed by atoms with Crippen LogP contribution in [0.1, 0.15) is 11.1 Å². The topological polar surface area (TPSA) is 73.9 Å². The van der Waals surface area contributed by atoms with Crippen LogP contribution in [0.2, 0.25) is 0 Å². The fraction of sp³-hybridized carbons (Fsp3) is 0.231. The number of anilines is 3. The standard InChI is InChI=1S/C26H28F2N4O3/c1-31(2)24-12-11-23(29-25(33)17-35-3)13-19(24)16-32(15-18-7-9-20(27)10-8-18)26(34)30-22-6-4-5-21(28)14-22/h4-14H,15-17H2,1-3H3,(H,29,33)(H,30,34). The average Bonchev–Trinajstić information content (AvgIpc) is 2.80. The van der Waals surface area contributed by atoms with Gasteiger partial charge in [0.2, 0.25) is 5.91 Å². The van der Waals surface area contributed by atoms with E-state index >= 15 is 0 Å². The Morgan fingerprint density at radius 2 is 1.57 bits per heavy atom. The zero-order chi connectivity index (χ0) is 25.4. The van der Waals surface area contributed by atoms with Crippen molar-refractivity contribution in [3.8, 4) is 0 Å². The summed E-state index contributed by atoms with van der Waals surface area (Å²) < 4.78 is 31.9. The number of halogens is 2. The Morgan fingerprint density at radius 1 is 0.857 bits per heavy atom. The number of nitrogens with one attached hydrogen (secondary N) is 2. The van der Waals surface area contributed by atoms with E-state index in [2.05, 4.69) is 10.6 Å². The maximum atomic E-state index is 13.6. The average molecular weight is 483 g/mol. The molecular formula is C26H28F2N4O3. The van der Waals surface area contributed by atoms with Gasteiger partial charge in [0.05, 0.1) is 0 Å². The normalized spacial score (nSPS) is 10.5. The number of amides is 3. The fourth-order valence-electron chi connectivity index (χ4n) is 3.54. The van der Waals surface area contributed by atoms with Crippen LogP contribution < -0.4 is 15.5 Å². The minimum absolute atomic E-state index is 0.0858. The Morgan fingerprint density at radius 3 is 2.23 bits per heavy atom. The molecule has 0 radical (unpaired) electrons. The van der Waals surface area contributed by atoms with E-state index in [4.69, 9.17) is 4.74 Å². The lowest BCUT2D eigenvalue weighted by molar-refractivity contribution is -0.119. The monoisotopic (exact) mass is 482 g/mol. The minimum Gasteiger partial charge on any atom is -0.377 e. The van der Waals surface area contributed by atoms with E-state index in [1.807, 2.05) is 25.1 Å². The van der Waals surface area contributed by atoms with Crippen molar-refractivity contribution in [1.29, 1.82) is 0 Å². The first-order valence-corrected chi connectivity index (χ1v) is 10.9. The van der Waals surface area contributed by atoms with Crippen LogP contribution >= 0.6 is 0 Å². The zero-order valence-corrected chi connectivity index (χ0v) is 19.8. The Labute approximate surface area is 203 Å². The number of ether oxygens (including phenoxy) is 1. The smallest absolute Gasteiger partial charge is 0.322 e. The Balaban J connectivity index is 1.92.